The van der Waals surface area contributed by atoms with E-state index in [2.05, 4.69) is 5.32 Å². The van der Waals surface area contributed by atoms with Crippen LogP contribution in [-0.4, -0.2) is 28.6 Å². The molecule has 4 heteroatoms. The molecule has 2 N–H and O–H groups in total. The van der Waals surface area contributed by atoms with Crippen molar-refractivity contribution in [2.45, 2.75) is 45.8 Å². The van der Waals surface area contributed by atoms with Gasteiger partial charge in [-0.1, -0.05) is 13.8 Å². The predicted octanol–water partition coefficient (Wildman–Crippen LogP) is 1.20. The summed E-state index contributed by atoms with van der Waals surface area (Å²) in [4.78, 5) is 11.9. The maximum Gasteiger partial charge on any atom is 0.187 e. The number of ketones is 1. The highest BCUT2D eigenvalue weighted by molar-refractivity contribution is 5.94. The fourth-order valence-electron chi connectivity index (χ4n) is 1.63. The van der Waals surface area contributed by atoms with Crippen molar-refractivity contribution in [3.8, 4) is 0 Å². The average molecular weight is 227 g/mol. The van der Waals surface area contributed by atoms with Gasteiger partial charge in [-0.25, -0.2) is 0 Å². The van der Waals surface area contributed by atoms with Gasteiger partial charge in [0.1, 0.15) is 11.1 Å². The first kappa shape index (κ1) is 13.0. The lowest BCUT2D eigenvalue weighted by Crippen LogP contribution is -2.62. The summed E-state index contributed by atoms with van der Waals surface area (Å²) in [5.41, 5.74) is -1.24. The molecule has 4 nitrogen and oxygen atoms in total. The Morgan fingerprint density at radius 2 is 2.06 bits per heavy atom. The second kappa shape index (κ2) is 4.09. The normalized spacial score (nSPS) is 24.6. The number of ether oxygens (including phenoxy) is 1. The SMILES string of the molecule is CC(C)C(=O)[C@@]1(CO)C=C(OC(C)(C)C)N1. The molecule has 0 aromatic rings. The average Bonchev–Trinajstić information content (AvgIpc) is 2.07. The van der Waals surface area contributed by atoms with Crippen LogP contribution in [0.2, 0.25) is 0 Å². The highest BCUT2D eigenvalue weighted by Gasteiger charge is 2.45. The van der Waals surface area contributed by atoms with Gasteiger partial charge in [0.2, 0.25) is 0 Å². The summed E-state index contributed by atoms with van der Waals surface area (Å²) in [6, 6.07) is 0. The van der Waals surface area contributed by atoms with Crippen molar-refractivity contribution >= 4 is 5.78 Å². The van der Waals surface area contributed by atoms with E-state index in [1.165, 1.54) is 0 Å². The molecule has 0 radical (unpaired) electrons. The van der Waals surface area contributed by atoms with Gasteiger partial charge in [-0.3, -0.25) is 4.79 Å². The molecule has 1 rings (SSSR count). The molecule has 1 atom stereocenters. The van der Waals surface area contributed by atoms with Crippen molar-refractivity contribution in [3.05, 3.63) is 12.0 Å². The summed E-state index contributed by atoms with van der Waals surface area (Å²) in [6.07, 6.45) is 1.67. The predicted molar refractivity (Wildman–Crippen MR) is 61.7 cm³/mol. The molecule has 0 saturated carbocycles. The number of aliphatic hydroxyl groups is 1. The first-order valence-electron chi connectivity index (χ1n) is 5.55. The van der Waals surface area contributed by atoms with Gasteiger partial charge >= 0.3 is 0 Å². The Morgan fingerprint density at radius 3 is 2.38 bits per heavy atom. The fraction of sp³-hybridized carbons (Fsp3) is 0.750. The molecule has 0 unspecified atom stereocenters. The number of carbonyl (C=O) groups excluding carboxylic acids is 1. The molecular weight excluding hydrogens is 206 g/mol. The third kappa shape index (κ3) is 2.55. The van der Waals surface area contributed by atoms with Crippen LogP contribution in [0.5, 0.6) is 0 Å². The maximum atomic E-state index is 11.9. The standard InChI is InChI=1S/C12H21NO3/c1-8(2)10(15)12(7-14)6-9(13-12)16-11(3,4)5/h6,8,13-14H,7H2,1-5H3/t12-/m0/s1. The lowest BCUT2D eigenvalue weighted by molar-refractivity contribution is -0.130. The van der Waals surface area contributed by atoms with Crippen LogP contribution in [0.1, 0.15) is 34.6 Å². The van der Waals surface area contributed by atoms with Crippen molar-refractivity contribution in [3.63, 3.8) is 0 Å². The van der Waals surface area contributed by atoms with E-state index < -0.39 is 5.54 Å². The molecule has 92 valence electrons. The zero-order chi connectivity index (χ0) is 12.6. The number of carbonyl (C=O) groups is 1. The van der Waals surface area contributed by atoms with Crippen molar-refractivity contribution in [2.24, 2.45) is 5.92 Å². The lowest BCUT2D eigenvalue weighted by Gasteiger charge is -2.41. The smallest absolute Gasteiger partial charge is 0.187 e. The van der Waals surface area contributed by atoms with Crippen LogP contribution < -0.4 is 5.32 Å². The molecule has 0 spiro atoms. The first-order valence-corrected chi connectivity index (χ1v) is 5.55. The van der Waals surface area contributed by atoms with E-state index in [0.29, 0.717) is 5.88 Å². The molecule has 0 saturated heterocycles. The van der Waals surface area contributed by atoms with Gasteiger partial charge < -0.3 is 15.2 Å². The van der Waals surface area contributed by atoms with Gasteiger partial charge in [0.05, 0.1) is 6.61 Å². The Kier molecular flexibility index (Phi) is 3.33. The van der Waals surface area contributed by atoms with E-state index >= 15 is 0 Å². The number of aliphatic hydroxyl groups excluding tert-OH is 1. The Bertz CT molecular complexity index is 315. The summed E-state index contributed by atoms with van der Waals surface area (Å²) in [6.45, 7) is 9.19. The van der Waals surface area contributed by atoms with Gasteiger partial charge in [0.15, 0.2) is 11.7 Å². The second-order valence-electron chi connectivity index (χ2n) is 5.50. The van der Waals surface area contributed by atoms with E-state index in [1.54, 1.807) is 6.08 Å². The van der Waals surface area contributed by atoms with Crippen LogP contribution in [0.15, 0.2) is 12.0 Å². The lowest BCUT2D eigenvalue weighted by atomic mass is 9.84. The van der Waals surface area contributed by atoms with Crippen molar-refractivity contribution in [1.82, 2.24) is 5.32 Å². The Morgan fingerprint density at radius 1 is 1.56 bits per heavy atom. The summed E-state index contributed by atoms with van der Waals surface area (Å²) in [7, 11) is 0. The van der Waals surface area contributed by atoms with Gasteiger partial charge in [-0.05, 0) is 20.8 Å². The number of hydrogen-bond acceptors (Lipinski definition) is 4. The maximum absolute atomic E-state index is 11.9. The highest BCUT2D eigenvalue weighted by atomic mass is 16.5. The number of rotatable bonds is 4. The van der Waals surface area contributed by atoms with Crippen molar-refractivity contribution in [2.75, 3.05) is 6.61 Å². The van der Waals surface area contributed by atoms with Crippen molar-refractivity contribution in [1.29, 1.82) is 0 Å². The summed E-state index contributed by atoms with van der Waals surface area (Å²) < 4.78 is 5.55. The molecular formula is C12H21NO3. The van der Waals surface area contributed by atoms with E-state index in [1.807, 2.05) is 34.6 Å². The van der Waals surface area contributed by atoms with E-state index in [9.17, 15) is 9.90 Å². The number of Topliss-reactive ketones (excluding diaryl/α,β-unsaturated/α-hetero) is 1. The van der Waals surface area contributed by atoms with E-state index in [0.717, 1.165) is 0 Å². The topological polar surface area (TPSA) is 58.6 Å². The molecule has 0 fully saturated rings. The fourth-order valence-corrected chi connectivity index (χ4v) is 1.63. The summed E-state index contributed by atoms with van der Waals surface area (Å²) in [5, 5.41) is 12.2. The molecule has 0 aromatic carbocycles. The van der Waals surface area contributed by atoms with Crippen molar-refractivity contribution < 1.29 is 14.6 Å². The molecule has 0 aliphatic carbocycles. The van der Waals surface area contributed by atoms with E-state index in [4.69, 9.17) is 4.74 Å². The number of hydrogen-bond donors (Lipinski definition) is 2. The third-order valence-corrected chi connectivity index (χ3v) is 2.35. The number of nitrogens with one attached hydrogen (secondary N) is 1. The first-order chi connectivity index (χ1) is 7.20. The van der Waals surface area contributed by atoms with E-state index in [-0.39, 0.29) is 23.9 Å². The van der Waals surface area contributed by atoms with Crippen LogP contribution in [0.25, 0.3) is 0 Å². The molecule has 16 heavy (non-hydrogen) atoms. The van der Waals surface area contributed by atoms with Crippen LogP contribution in [0, 0.1) is 5.92 Å². The molecule has 1 heterocycles. The summed E-state index contributed by atoms with van der Waals surface area (Å²) >= 11 is 0. The minimum atomic E-state index is -0.936. The van der Waals surface area contributed by atoms with Gasteiger partial charge in [-0.15, -0.1) is 0 Å². The van der Waals surface area contributed by atoms with Gasteiger partial charge in [-0.2, -0.15) is 0 Å². The monoisotopic (exact) mass is 227 g/mol. The molecule has 0 aromatic heterocycles. The Balaban J connectivity index is 2.74. The zero-order valence-electron chi connectivity index (χ0n) is 10.6. The van der Waals surface area contributed by atoms with Gasteiger partial charge in [0.25, 0.3) is 0 Å². The minimum absolute atomic E-state index is 0.0174. The van der Waals surface area contributed by atoms with Crippen LogP contribution in [0.3, 0.4) is 0 Å². The molecule has 1 aliphatic heterocycles. The zero-order valence-corrected chi connectivity index (χ0v) is 10.6. The summed E-state index contributed by atoms with van der Waals surface area (Å²) in [5.74, 6) is 0.430. The quantitative estimate of drug-likeness (QED) is 0.757. The molecule has 0 amide bonds. The van der Waals surface area contributed by atoms with Crippen LogP contribution >= 0.6 is 0 Å². The Labute approximate surface area is 96.7 Å². The Hall–Kier alpha value is -1.03. The second-order valence-corrected chi connectivity index (χ2v) is 5.50. The molecule has 0 bridgehead atoms. The van der Waals surface area contributed by atoms with Crippen LogP contribution in [0.4, 0.5) is 0 Å². The highest BCUT2D eigenvalue weighted by Crippen LogP contribution is 2.28. The van der Waals surface area contributed by atoms with Crippen LogP contribution in [-0.2, 0) is 9.53 Å². The molecule has 1 aliphatic rings. The largest absolute Gasteiger partial charge is 0.474 e. The van der Waals surface area contributed by atoms with Gasteiger partial charge in [0, 0.05) is 12.0 Å². The third-order valence-electron chi connectivity index (χ3n) is 2.35. The minimum Gasteiger partial charge on any atom is -0.474 e.